The maximum atomic E-state index is 14.4. The number of ether oxygens (including phenoxy) is 1. The Balaban J connectivity index is 1.49. The average Bonchev–Trinajstić information content (AvgIpc) is 3.20. The van der Waals surface area contributed by atoms with Gasteiger partial charge in [-0.2, -0.15) is 0 Å². The number of anilines is 1. The van der Waals surface area contributed by atoms with Crippen molar-refractivity contribution in [3.63, 3.8) is 0 Å². The van der Waals surface area contributed by atoms with E-state index in [4.69, 9.17) is 10.5 Å². The molecular weight excluding hydrogens is 377 g/mol. The van der Waals surface area contributed by atoms with Crippen LogP contribution in [0.4, 0.5) is 10.2 Å². The van der Waals surface area contributed by atoms with E-state index in [1.807, 2.05) is 18.2 Å². The number of nitrogens with two attached hydrogens (primary N) is 1. The number of hydrogen-bond donors (Lipinski definition) is 3. The number of aliphatic hydroxyl groups is 2. The molecule has 0 amide bonds. The third-order valence-corrected chi connectivity index (χ3v) is 5.47. The zero-order valence-electron chi connectivity index (χ0n) is 15.2. The quantitative estimate of drug-likeness (QED) is 0.484. The fourth-order valence-corrected chi connectivity index (χ4v) is 4.03. The van der Waals surface area contributed by atoms with E-state index in [9.17, 15) is 14.6 Å². The summed E-state index contributed by atoms with van der Waals surface area (Å²) < 4.78 is 21.9. The highest BCUT2D eigenvalue weighted by Gasteiger charge is 2.45. The molecule has 148 valence electrons. The van der Waals surface area contributed by atoms with Crippen molar-refractivity contribution in [1.29, 1.82) is 0 Å². The standard InChI is InChI=1S/C20H18FN5O3/c21-12-8-26(20-16(12)19(22)24-9-25-20)13-6-15(18(28)17(13)27)29-14-3-1-2-10-4-5-23-7-11(10)14/h1-5,7-9,13,15,17-18,27-28H,6H2,(H2,22,24,25)/t13-,15+,17+,18-/m1/s1. The first-order chi connectivity index (χ1) is 14.0. The van der Waals surface area contributed by atoms with Gasteiger partial charge in [-0.25, -0.2) is 14.4 Å². The molecule has 0 unspecified atom stereocenters. The zero-order valence-corrected chi connectivity index (χ0v) is 15.2. The Bertz CT molecular complexity index is 1210. The molecule has 4 aromatic rings. The van der Waals surface area contributed by atoms with Gasteiger partial charge in [-0.15, -0.1) is 0 Å². The van der Waals surface area contributed by atoms with Gasteiger partial charge in [0.25, 0.3) is 0 Å². The van der Waals surface area contributed by atoms with Crippen molar-refractivity contribution in [2.45, 2.75) is 30.8 Å². The minimum atomic E-state index is -1.17. The molecule has 1 fully saturated rings. The van der Waals surface area contributed by atoms with Crippen LogP contribution in [0, 0.1) is 5.82 Å². The molecule has 0 spiro atoms. The number of fused-ring (bicyclic) bond motifs is 2. The average molecular weight is 395 g/mol. The topological polar surface area (TPSA) is 119 Å². The SMILES string of the molecule is Nc1ncnc2c1c(F)cn2[C@@H]1C[C@H](Oc2cccc3ccncc23)[C@@H](O)[C@H]1O. The maximum Gasteiger partial charge on any atom is 0.154 e. The second-order valence-electron chi connectivity index (χ2n) is 7.14. The summed E-state index contributed by atoms with van der Waals surface area (Å²) >= 11 is 0. The van der Waals surface area contributed by atoms with Gasteiger partial charge in [0.2, 0.25) is 0 Å². The highest BCUT2D eigenvalue weighted by molar-refractivity contribution is 5.87. The lowest BCUT2D eigenvalue weighted by Gasteiger charge is -2.19. The van der Waals surface area contributed by atoms with Gasteiger partial charge in [0.1, 0.15) is 41.9 Å². The summed E-state index contributed by atoms with van der Waals surface area (Å²) in [6.07, 6.45) is 3.07. The van der Waals surface area contributed by atoms with Gasteiger partial charge >= 0.3 is 0 Å². The van der Waals surface area contributed by atoms with Crippen LogP contribution in [-0.4, -0.2) is 48.0 Å². The van der Waals surface area contributed by atoms with E-state index in [1.165, 1.54) is 17.1 Å². The molecule has 0 aliphatic heterocycles. The molecule has 3 heterocycles. The smallest absolute Gasteiger partial charge is 0.154 e. The lowest BCUT2D eigenvalue weighted by atomic mass is 10.1. The van der Waals surface area contributed by atoms with Crippen LogP contribution in [0.2, 0.25) is 0 Å². The molecule has 4 atom stereocenters. The highest BCUT2D eigenvalue weighted by atomic mass is 19.1. The summed E-state index contributed by atoms with van der Waals surface area (Å²) in [5.74, 6) is 0.00207. The van der Waals surface area contributed by atoms with Crippen LogP contribution in [-0.2, 0) is 0 Å². The molecule has 1 saturated carbocycles. The summed E-state index contributed by atoms with van der Waals surface area (Å²) in [5, 5.41) is 23.1. The van der Waals surface area contributed by atoms with Crippen molar-refractivity contribution in [2.24, 2.45) is 0 Å². The Morgan fingerprint density at radius 3 is 2.90 bits per heavy atom. The first kappa shape index (κ1) is 17.8. The third kappa shape index (κ3) is 2.78. The van der Waals surface area contributed by atoms with Crippen LogP contribution in [0.5, 0.6) is 5.75 Å². The number of halogens is 1. The summed E-state index contributed by atoms with van der Waals surface area (Å²) in [6, 6.07) is 6.80. The number of nitrogen functional groups attached to an aromatic ring is 1. The molecule has 0 radical (unpaired) electrons. The van der Waals surface area contributed by atoms with Gasteiger partial charge in [0.05, 0.1) is 11.4 Å². The molecule has 1 aromatic carbocycles. The van der Waals surface area contributed by atoms with Crippen LogP contribution in [0.15, 0.2) is 49.2 Å². The van der Waals surface area contributed by atoms with E-state index < -0.39 is 30.2 Å². The van der Waals surface area contributed by atoms with Crippen molar-refractivity contribution >= 4 is 27.6 Å². The number of aliphatic hydroxyl groups excluding tert-OH is 2. The van der Waals surface area contributed by atoms with Crippen molar-refractivity contribution in [1.82, 2.24) is 19.5 Å². The first-order valence-electron chi connectivity index (χ1n) is 9.16. The number of rotatable bonds is 3. The van der Waals surface area contributed by atoms with E-state index in [2.05, 4.69) is 15.0 Å². The molecule has 1 aliphatic rings. The fourth-order valence-electron chi connectivity index (χ4n) is 4.03. The number of pyridine rings is 1. The molecule has 3 aromatic heterocycles. The predicted octanol–water partition coefficient (Wildman–Crippen LogP) is 1.81. The fraction of sp³-hybridized carbons (Fsp3) is 0.250. The van der Waals surface area contributed by atoms with Gasteiger partial charge in [-0.1, -0.05) is 12.1 Å². The second kappa shape index (κ2) is 6.64. The Morgan fingerprint density at radius 1 is 1.17 bits per heavy atom. The molecule has 0 saturated heterocycles. The van der Waals surface area contributed by atoms with Crippen molar-refractivity contribution < 1.29 is 19.3 Å². The highest BCUT2D eigenvalue weighted by Crippen LogP contribution is 2.38. The normalized spacial score (nSPS) is 24.4. The first-order valence-corrected chi connectivity index (χ1v) is 9.16. The minimum Gasteiger partial charge on any atom is -0.487 e. The van der Waals surface area contributed by atoms with Gasteiger partial charge in [0, 0.05) is 30.4 Å². The Labute approximate surface area is 164 Å². The summed E-state index contributed by atoms with van der Waals surface area (Å²) in [7, 11) is 0. The van der Waals surface area contributed by atoms with E-state index in [-0.39, 0.29) is 23.3 Å². The lowest BCUT2D eigenvalue weighted by Crippen LogP contribution is -2.34. The molecule has 29 heavy (non-hydrogen) atoms. The summed E-state index contributed by atoms with van der Waals surface area (Å²) in [4.78, 5) is 12.0. The molecule has 5 rings (SSSR count). The zero-order chi connectivity index (χ0) is 20.1. The van der Waals surface area contributed by atoms with Crippen molar-refractivity contribution in [3.05, 3.63) is 55.0 Å². The van der Waals surface area contributed by atoms with Crippen molar-refractivity contribution in [3.8, 4) is 5.75 Å². The minimum absolute atomic E-state index is 0.0235. The monoisotopic (exact) mass is 395 g/mol. The maximum absolute atomic E-state index is 14.4. The van der Waals surface area contributed by atoms with Crippen LogP contribution in [0.25, 0.3) is 21.8 Å². The van der Waals surface area contributed by atoms with Gasteiger partial charge in [-0.05, 0) is 17.5 Å². The van der Waals surface area contributed by atoms with Crippen LogP contribution < -0.4 is 10.5 Å². The Kier molecular flexibility index (Phi) is 4.07. The number of nitrogens with zero attached hydrogens (tertiary/aromatic N) is 4. The van der Waals surface area contributed by atoms with Crippen LogP contribution in [0.3, 0.4) is 0 Å². The molecule has 9 heteroatoms. The third-order valence-electron chi connectivity index (χ3n) is 5.47. The van der Waals surface area contributed by atoms with Crippen LogP contribution >= 0.6 is 0 Å². The summed E-state index contributed by atoms with van der Waals surface area (Å²) in [5.41, 5.74) is 6.03. The lowest BCUT2D eigenvalue weighted by molar-refractivity contribution is -0.0160. The number of hydrogen-bond acceptors (Lipinski definition) is 7. The van der Waals surface area contributed by atoms with E-state index >= 15 is 0 Å². The predicted molar refractivity (Wildman–Crippen MR) is 104 cm³/mol. The molecule has 0 bridgehead atoms. The largest absolute Gasteiger partial charge is 0.487 e. The van der Waals surface area contributed by atoms with Crippen molar-refractivity contribution in [2.75, 3.05) is 5.73 Å². The summed E-state index contributed by atoms with van der Waals surface area (Å²) in [6.45, 7) is 0. The van der Waals surface area contributed by atoms with Crippen LogP contribution in [0.1, 0.15) is 12.5 Å². The number of benzene rings is 1. The van der Waals surface area contributed by atoms with E-state index in [0.29, 0.717) is 5.75 Å². The molecule has 1 aliphatic carbocycles. The van der Waals surface area contributed by atoms with E-state index in [0.717, 1.165) is 10.8 Å². The van der Waals surface area contributed by atoms with Gasteiger partial charge < -0.3 is 25.3 Å². The Morgan fingerprint density at radius 2 is 2.03 bits per heavy atom. The molecular formula is C20H18FN5O3. The molecule has 4 N–H and O–H groups in total. The number of aromatic nitrogens is 4. The van der Waals surface area contributed by atoms with Gasteiger partial charge in [0.15, 0.2) is 5.82 Å². The molecule has 8 nitrogen and oxygen atoms in total. The second-order valence-corrected chi connectivity index (χ2v) is 7.14. The Hall–Kier alpha value is -3.30. The van der Waals surface area contributed by atoms with Gasteiger partial charge in [-0.3, -0.25) is 4.98 Å². The van der Waals surface area contributed by atoms with E-state index in [1.54, 1.807) is 18.5 Å².